The molecule has 0 amide bonds. The van der Waals surface area contributed by atoms with Crippen molar-refractivity contribution < 1.29 is 9.31 Å². The van der Waals surface area contributed by atoms with E-state index in [-0.39, 0.29) is 18.3 Å². The lowest BCUT2D eigenvalue weighted by atomic mass is 9.80. The Hall–Kier alpha value is -1.44. The first-order valence-corrected chi connectivity index (χ1v) is 10.3. The van der Waals surface area contributed by atoms with E-state index >= 15 is 0 Å². The molecule has 2 aromatic rings. The predicted octanol–water partition coefficient (Wildman–Crippen LogP) is 2.14. The third-order valence-corrected chi connectivity index (χ3v) is 7.04. The van der Waals surface area contributed by atoms with Crippen LogP contribution in [0.25, 0.3) is 11.2 Å². The van der Waals surface area contributed by atoms with Gasteiger partial charge in [-0.25, -0.2) is 9.97 Å². The van der Waals surface area contributed by atoms with Crippen LogP contribution in [0, 0.1) is 0 Å². The van der Waals surface area contributed by atoms with Crippen molar-refractivity contribution in [1.82, 2.24) is 19.4 Å². The second kappa shape index (κ2) is 6.03. The number of imidazole rings is 1. The van der Waals surface area contributed by atoms with Crippen molar-refractivity contribution in [2.24, 2.45) is 0 Å². The molecule has 3 aliphatic rings. The van der Waals surface area contributed by atoms with E-state index in [4.69, 9.17) is 19.3 Å². The fourth-order valence-electron chi connectivity index (χ4n) is 4.31. The number of nitrogens with zero attached hydrogens (tertiary/aromatic N) is 4. The van der Waals surface area contributed by atoms with Crippen molar-refractivity contribution >= 4 is 23.7 Å². The van der Waals surface area contributed by atoms with Crippen LogP contribution in [0.3, 0.4) is 0 Å². The minimum atomic E-state index is -0.387. The third kappa shape index (κ3) is 2.82. The summed E-state index contributed by atoms with van der Waals surface area (Å²) in [5.41, 5.74) is 2.20. The summed E-state index contributed by atoms with van der Waals surface area (Å²) in [6.45, 7) is 11.5. The van der Waals surface area contributed by atoms with E-state index < -0.39 is 0 Å². The molecule has 0 radical (unpaired) electrons. The van der Waals surface area contributed by atoms with E-state index in [9.17, 15) is 0 Å². The zero-order chi connectivity index (χ0) is 18.8. The zero-order valence-electron chi connectivity index (χ0n) is 16.9. The highest BCUT2D eigenvalue weighted by Gasteiger charge is 2.51. The summed E-state index contributed by atoms with van der Waals surface area (Å²) in [6, 6.07) is 2.89. The fraction of sp³-hybridized carbons (Fsp3) is 0.700. The highest BCUT2D eigenvalue weighted by molar-refractivity contribution is 6.62. The molecule has 1 aliphatic carbocycles. The van der Waals surface area contributed by atoms with Crippen LogP contribution in [0.2, 0.25) is 0 Å². The van der Waals surface area contributed by atoms with E-state index in [0.29, 0.717) is 0 Å². The minimum Gasteiger partial charge on any atom is -0.399 e. The van der Waals surface area contributed by atoms with Gasteiger partial charge in [0.2, 0.25) is 0 Å². The minimum absolute atomic E-state index is 0.344. The molecule has 2 aromatic heterocycles. The Morgan fingerprint density at radius 1 is 1.07 bits per heavy atom. The van der Waals surface area contributed by atoms with E-state index in [1.807, 2.05) is 6.20 Å². The largest absolute Gasteiger partial charge is 0.496 e. The van der Waals surface area contributed by atoms with Gasteiger partial charge in [0.05, 0.1) is 11.2 Å². The van der Waals surface area contributed by atoms with E-state index in [1.54, 1.807) is 0 Å². The van der Waals surface area contributed by atoms with Gasteiger partial charge in [0.1, 0.15) is 11.3 Å². The maximum Gasteiger partial charge on any atom is 0.496 e. The molecule has 0 unspecified atom stereocenters. The van der Waals surface area contributed by atoms with Crippen LogP contribution >= 0.6 is 0 Å². The van der Waals surface area contributed by atoms with Crippen molar-refractivity contribution in [1.29, 1.82) is 0 Å². The predicted molar refractivity (Wildman–Crippen MR) is 106 cm³/mol. The summed E-state index contributed by atoms with van der Waals surface area (Å²) in [5.74, 6) is 1.16. The molecule has 0 atom stereocenters. The topological polar surface area (TPSA) is 52.4 Å². The van der Waals surface area contributed by atoms with Gasteiger partial charge in [-0.1, -0.05) is 6.42 Å². The van der Waals surface area contributed by atoms with Crippen LogP contribution in [0.15, 0.2) is 12.3 Å². The van der Waals surface area contributed by atoms with Crippen molar-refractivity contribution in [3.63, 3.8) is 0 Å². The van der Waals surface area contributed by atoms with Gasteiger partial charge in [-0.15, -0.1) is 0 Å². The summed E-state index contributed by atoms with van der Waals surface area (Å²) in [6.07, 6.45) is 7.00. The van der Waals surface area contributed by atoms with Gasteiger partial charge in [-0.2, -0.15) is 0 Å². The van der Waals surface area contributed by atoms with E-state index in [2.05, 4.69) is 43.2 Å². The first-order chi connectivity index (χ1) is 12.8. The first kappa shape index (κ1) is 17.6. The Morgan fingerprint density at radius 2 is 1.81 bits per heavy atom. The average molecular weight is 368 g/mol. The second-order valence-corrected chi connectivity index (χ2v) is 9.25. The number of fused-ring (bicyclic) bond motifs is 3. The smallest absolute Gasteiger partial charge is 0.399 e. The molecule has 2 aliphatic heterocycles. The van der Waals surface area contributed by atoms with Gasteiger partial charge >= 0.3 is 7.12 Å². The Bertz CT molecular complexity index is 858. The summed E-state index contributed by atoms with van der Waals surface area (Å²) in [4.78, 5) is 12.3. The molecule has 1 saturated heterocycles. The number of aromatic nitrogens is 3. The first-order valence-electron chi connectivity index (χ1n) is 10.3. The average Bonchev–Trinajstić information content (AvgIpc) is 2.92. The molecular weight excluding hydrogens is 339 g/mol. The SMILES string of the molecule is CC1(C)OB(c2cnc3c(c2)nc2n3CCN(C3CCC3)CC2)OC1(C)C. The van der Waals surface area contributed by atoms with Gasteiger partial charge in [0.25, 0.3) is 0 Å². The molecule has 0 aromatic carbocycles. The van der Waals surface area contributed by atoms with Crippen LogP contribution in [0.4, 0.5) is 0 Å². The molecular formula is C20H29BN4O2. The molecule has 0 N–H and O–H groups in total. The van der Waals surface area contributed by atoms with Gasteiger partial charge in [-0.3, -0.25) is 4.90 Å². The fourth-order valence-corrected chi connectivity index (χ4v) is 4.31. The number of hydrogen-bond donors (Lipinski definition) is 0. The molecule has 27 heavy (non-hydrogen) atoms. The molecule has 7 heteroatoms. The Kier molecular flexibility index (Phi) is 3.94. The van der Waals surface area contributed by atoms with Gasteiger partial charge in [0, 0.05) is 43.8 Å². The summed E-state index contributed by atoms with van der Waals surface area (Å²) in [5, 5.41) is 0. The maximum absolute atomic E-state index is 6.18. The summed E-state index contributed by atoms with van der Waals surface area (Å²) < 4.78 is 14.7. The van der Waals surface area contributed by atoms with Gasteiger partial charge in [0.15, 0.2) is 5.65 Å². The van der Waals surface area contributed by atoms with Crippen molar-refractivity contribution in [3.05, 3.63) is 18.1 Å². The summed E-state index contributed by atoms with van der Waals surface area (Å²) in [7, 11) is -0.387. The second-order valence-electron chi connectivity index (χ2n) is 9.25. The molecule has 6 nitrogen and oxygen atoms in total. The van der Waals surface area contributed by atoms with Crippen LogP contribution in [0.1, 0.15) is 52.8 Å². The van der Waals surface area contributed by atoms with Gasteiger partial charge < -0.3 is 13.9 Å². The van der Waals surface area contributed by atoms with Crippen molar-refractivity contribution in [2.45, 2.75) is 77.2 Å². The Morgan fingerprint density at radius 3 is 2.48 bits per heavy atom. The maximum atomic E-state index is 6.18. The molecule has 0 spiro atoms. The molecule has 1 saturated carbocycles. The molecule has 144 valence electrons. The summed E-state index contributed by atoms with van der Waals surface area (Å²) >= 11 is 0. The lowest BCUT2D eigenvalue weighted by molar-refractivity contribution is 0.00578. The third-order valence-electron chi connectivity index (χ3n) is 7.04. The quantitative estimate of drug-likeness (QED) is 0.761. The highest BCUT2D eigenvalue weighted by Crippen LogP contribution is 2.36. The number of hydrogen-bond acceptors (Lipinski definition) is 5. The van der Waals surface area contributed by atoms with Crippen LogP contribution in [0.5, 0.6) is 0 Å². The molecule has 2 fully saturated rings. The van der Waals surface area contributed by atoms with Crippen molar-refractivity contribution in [2.75, 3.05) is 13.1 Å². The van der Waals surface area contributed by atoms with Crippen LogP contribution in [-0.4, -0.2) is 56.9 Å². The molecule has 5 rings (SSSR count). The normalized spacial score (nSPS) is 25.4. The van der Waals surface area contributed by atoms with Crippen molar-refractivity contribution in [3.8, 4) is 0 Å². The Balaban J connectivity index is 1.41. The van der Waals surface area contributed by atoms with Crippen LogP contribution in [-0.2, 0) is 22.3 Å². The van der Waals surface area contributed by atoms with Crippen LogP contribution < -0.4 is 5.46 Å². The monoisotopic (exact) mass is 368 g/mol. The zero-order valence-corrected chi connectivity index (χ0v) is 16.9. The van der Waals surface area contributed by atoms with E-state index in [0.717, 1.165) is 54.5 Å². The molecule has 4 heterocycles. The lowest BCUT2D eigenvalue weighted by Crippen LogP contribution is -2.41. The van der Waals surface area contributed by atoms with Gasteiger partial charge in [-0.05, 0) is 46.6 Å². The number of pyridine rings is 1. The number of rotatable bonds is 2. The molecule has 0 bridgehead atoms. The standard InChI is InChI=1S/C20H29BN4O2/c1-19(2)20(3,4)27-21(26-19)14-12-16-18(22-13-14)25-11-10-24(15-6-5-7-15)9-8-17(25)23-16/h12-13,15H,5-11H2,1-4H3. The van der Waals surface area contributed by atoms with E-state index in [1.165, 1.54) is 19.3 Å². The Labute approximate surface area is 161 Å². The lowest BCUT2D eigenvalue weighted by Gasteiger charge is -2.36. The highest BCUT2D eigenvalue weighted by atomic mass is 16.7.